The largest absolute Gasteiger partial charge is 0.381 e. The van der Waals surface area contributed by atoms with Gasteiger partial charge in [0.25, 0.3) is 0 Å². The molecule has 0 radical (unpaired) electrons. The average Bonchev–Trinajstić information content (AvgIpc) is 2.43. The van der Waals surface area contributed by atoms with Crippen LogP contribution in [0.2, 0.25) is 0 Å². The molecule has 1 nitrogen and oxygen atoms in total. The van der Waals surface area contributed by atoms with Crippen LogP contribution in [0.25, 0.3) is 0 Å². The Bertz CT molecular complexity index is 464. The van der Waals surface area contributed by atoms with Gasteiger partial charge in [-0.3, -0.25) is 0 Å². The Hall–Kier alpha value is -1.82. The van der Waals surface area contributed by atoms with Gasteiger partial charge in [0.1, 0.15) is 5.60 Å². The van der Waals surface area contributed by atoms with Crippen molar-refractivity contribution in [3.63, 3.8) is 0 Å². The summed E-state index contributed by atoms with van der Waals surface area (Å²) in [5, 5.41) is 10.9. The Morgan fingerprint density at radius 3 is 2.56 bits per heavy atom. The SMILES string of the molecule is C=C=C/C=C(\CC=C)C(O)(CC)c1ccccc1. The highest BCUT2D eigenvalue weighted by Gasteiger charge is 2.30. The van der Waals surface area contributed by atoms with Crippen LogP contribution in [0, 0.1) is 0 Å². The molecule has 0 heterocycles. The second kappa shape index (κ2) is 6.80. The maximum Gasteiger partial charge on any atom is 0.111 e. The molecule has 0 aliphatic carbocycles. The van der Waals surface area contributed by atoms with Gasteiger partial charge in [0.15, 0.2) is 0 Å². The second-order valence-corrected chi connectivity index (χ2v) is 4.14. The monoisotopic (exact) mass is 240 g/mol. The smallest absolute Gasteiger partial charge is 0.111 e. The van der Waals surface area contributed by atoms with Gasteiger partial charge < -0.3 is 5.11 Å². The topological polar surface area (TPSA) is 20.2 Å². The third-order valence-corrected chi connectivity index (χ3v) is 3.06. The Labute approximate surface area is 109 Å². The van der Waals surface area contributed by atoms with E-state index in [-0.39, 0.29) is 0 Å². The molecule has 18 heavy (non-hydrogen) atoms. The van der Waals surface area contributed by atoms with Crippen molar-refractivity contribution in [3.05, 3.63) is 78.6 Å². The first-order valence-electron chi connectivity index (χ1n) is 6.13. The van der Waals surface area contributed by atoms with Crippen LogP contribution in [-0.4, -0.2) is 5.11 Å². The first-order valence-corrected chi connectivity index (χ1v) is 6.13. The molecule has 1 N–H and O–H groups in total. The molecule has 1 unspecified atom stereocenters. The summed E-state index contributed by atoms with van der Waals surface area (Å²) >= 11 is 0. The Morgan fingerprint density at radius 1 is 1.39 bits per heavy atom. The van der Waals surface area contributed by atoms with Crippen molar-refractivity contribution in [2.24, 2.45) is 0 Å². The van der Waals surface area contributed by atoms with E-state index in [2.05, 4.69) is 18.9 Å². The molecule has 1 atom stereocenters. The molecule has 0 aliphatic rings. The number of aliphatic hydroxyl groups is 1. The molecule has 0 amide bonds. The van der Waals surface area contributed by atoms with Crippen molar-refractivity contribution < 1.29 is 5.11 Å². The first-order chi connectivity index (χ1) is 8.69. The molecule has 94 valence electrons. The predicted molar refractivity (Wildman–Crippen MR) is 77.2 cm³/mol. The third kappa shape index (κ3) is 3.10. The van der Waals surface area contributed by atoms with Gasteiger partial charge in [-0.25, -0.2) is 0 Å². The van der Waals surface area contributed by atoms with Crippen molar-refractivity contribution in [2.75, 3.05) is 0 Å². The summed E-state index contributed by atoms with van der Waals surface area (Å²) in [6, 6.07) is 9.70. The summed E-state index contributed by atoms with van der Waals surface area (Å²) in [5.41, 5.74) is 3.56. The van der Waals surface area contributed by atoms with Gasteiger partial charge >= 0.3 is 0 Å². The van der Waals surface area contributed by atoms with Crippen molar-refractivity contribution in [1.29, 1.82) is 0 Å². The van der Waals surface area contributed by atoms with Crippen LogP contribution < -0.4 is 0 Å². The van der Waals surface area contributed by atoms with Gasteiger partial charge in [-0.1, -0.05) is 56.0 Å². The van der Waals surface area contributed by atoms with E-state index in [4.69, 9.17) is 0 Å². The Balaban J connectivity index is 3.27. The lowest BCUT2D eigenvalue weighted by molar-refractivity contribution is 0.0698. The van der Waals surface area contributed by atoms with Crippen LogP contribution in [-0.2, 0) is 5.60 Å². The molecule has 1 aromatic carbocycles. The molecule has 0 bridgehead atoms. The fourth-order valence-corrected chi connectivity index (χ4v) is 2.02. The van der Waals surface area contributed by atoms with Gasteiger partial charge in [0.2, 0.25) is 0 Å². The van der Waals surface area contributed by atoms with Crippen LogP contribution in [0.4, 0.5) is 0 Å². The van der Waals surface area contributed by atoms with Crippen molar-refractivity contribution >= 4 is 0 Å². The maximum atomic E-state index is 10.9. The number of allylic oxidation sites excluding steroid dienone is 3. The fraction of sp³-hybridized carbons (Fsp3) is 0.235. The van der Waals surface area contributed by atoms with E-state index >= 15 is 0 Å². The summed E-state index contributed by atoms with van der Waals surface area (Å²) in [6.07, 6.45) is 6.64. The summed E-state index contributed by atoms with van der Waals surface area (Å²) < 4.78 is 0. The standard InChI is InChI=1S/C17H20O/c1-4-7-12-15(11-5-2)17(18,6-3)16-13-9-8-10-14-16/h5,7-10,12-14,18H,1-2,6,11H2,3H3/b15-12+. The summed E-state index contributed by atoms with van der Waals surface area (Å²) in [4.78, 5) is 0. The third-order valence-electron chi connectivity index (χ3n) is 3.06. The lowest BCUT2D eigenvalue weighted by atomic mass is 9.82. The van der Waals surface area contributed by atoms with Crippen LogP contribution >= 0.6 is 0 Å². The van der Waals surface area contributed by atoms with Gasteiger partial charge in [-0.15, -0.1) is 12.3 Å². The second-order valence-electron chi connectivity index (χ2n) is 4.14. The highest BCUT2D eigenvalue weighted by atomic mass is 16.3. The van der Waals surface area contributed by atoms with E-state index in [1.807, 2.05) is 43.3 Å². The van der Waals surface area contributed by atoms with E-state index in [1.54, 1.807) is 12.2 Å². The van der Waals surface area contributed by atoms with E-state index in [9.17, 15) is 5.11 Å². The number of rotatable bonds is 6. The fourth-order valence-electron chi connectivity index (χ4n) is 2.02. The molecular weight excluding hydrogens is 220 g/mol. The van der Waals surface area contributed by atoms with Crippen molar-refractivity contribution in [3.8, 4) is 0 Å². The van der Waals surface area contributed by atoms with Crippen molar-refractivity contribution in [1.82, 2.24) is 0 Å². The zero-order valence-corrected chi connectivity index (χ0v) is 10.9. The predicted octanol–water partition coefficient (Wildman–Crippen LogP) is 4.13. The van der Waals surface area contributed by atoms with Crippen LogP contribution in [0.5, 0.6) is 0 Å². The summed E-state index contributed by atoms with van der Waals surface area (Å²) in [6.45, 7) is 9.26. The van der Waals surface area contributed by atoms with Gasteiger partial charge in [-0.05, 0) is 30.1 Å². The van der Waals surface area contributed by atoms with E-state index in [1.165, 1.54) is 0 Å². The Morgan fingerprint density at radius 2 is 2.06 bits per heavy atom. The quantitative estimate of drug-likeness (QED) is 0.450. The molecule has 0 aliphatic heterocycles. The number of benzene rings is 1. The zero-order chi connectivity index (χ0) is 13.4. The van der Waals surface area contributed by atoms with Crippen molar-refractivity contribution in [2.45, 2.75) is 25.4 Å². The Kier molecular flexibility index (Phi) is 5.38. The molecule has 1 heteroatoms. The number of hydrogen-bond acceptors (Lipinski definition) is 1. The van der Waals surface area contributed by atoms with Crippen LogP contribution in [0.3, 0.4) is 0 Å². The molecule has 0 saturated heterocycles. The molecule has 0 aromatic heterocycles. The molecule has 1 rings (SSSR count). The average molecular weight is 240 g/mol. The van der Waals surface area contributed by atoms with E-state index in [0.29, 0.717) is 12.8 Å². The van der Waals surface area contributed by atoms with Gasteiger partial charge in [0, 0.05) is 0 Å². The normalized spacial score (nSPS) is 14.4. The van der Waals surface area contributed by atoms with E-state index in [0.717, 1.165) is 11.1 Å². The molecule has 0 spiro atoms. The lowest BCUT2D eigenvalue weighted by Crippen LogP contribution is -2.27. The minimum absolute atomic E-state index is 0.613. The maximum absolute atomic E-state index is 10.9. The minimum Gasteiger partial charge on any atom is -0.381 e. The lowest BCUT2D eigenvalue weighted by Gasteiger charge is -2.30. The summed E-state index contributed by atoms with van der Waals surface area (Å²) in [5.74, 6) is 0. The highest BCUT2D eigenvalue weighted by Crippen LogP contribution is 2.34. The molecule has 1 aromatic rings. The molecular formula is C17H20O. The highest BCUT2D eigenvalue weighted by molar-refractivity contribution is 5.35. The first kappa shape index (κ1) is 14.2. The molecule has 0 fully saturated rings. The summed E-state index contributed by atoms with van der Waals surface area (Å²) in [7, 11) is 0. The minimum atomic E-state index is -0.956. The van der Waals surface area contributed by atoms with E-state index < -0.39 is 5.60 Å². The number of hydrogen-bond donors (Lipinski definition) is 1. The molecule has 0 saturated carbocycles. The van der Waals surface area contributed by atoms with Gasteiger partial charge in [0.05, 0.1) is 0 Å². The van der Waals surface area contributed by atoms with Crippen LogP contribution in [0.15, 0.2) is 73.0 Å². The van der Waals surface area contributed by atoms with Crippen LogP contribution in [0.1, 0.15) is 25.3 Å². The van der Waals surface area contributed by atoms with Gasteiger partial charge in [-0.2, -0.15) is 0 Å². The zero-order valence-electron chi connectivity index (χ0n) is 10.9.